The van der Waals surface area contributed by atoms with Crippen LogP contribution in [0.4, 0.5) is 5.69 Å². The normalized spacial score (nSPS) is 22.9. The Kier molecular flexibility index (Phi) is 3.16. The summed E-state index contributed by atoms with van der Waals surface area (Å²) in [6.07, 6.45) is 4.50. The van der Waals surface area contributed by atoms with Gasteiger partial charge in [-0.25, -0.2) is 4.98 Å². The molecule has 1 aliphatic rings. The zero-order valence-corrected chi connectivity index (χ0v) is 11.1. The average Bonchev–Trinajstić information content (AvgIpc) is 3.07. The average molecular weight is 259 g/mol. The minimum atomic E-state index is 0.175. The smallest absolute Gasteiger partial charge is 0.147 e. The molecule has 1 fully saturated rings. The molecule has 2 atom stereocenters. The molecule has 2 aromatic rings. The molecule has 0 radical (unpaired) electrons. The Balaban J connectivity index is 1.93. The largest absolute Gasteiger partial charge is 0.380 e. The number of aromatic amines is 1. The van der Waals surface area contributed by atoms with Gasteiger partial charge in [-0.05, 0) is 19.1 Å². The van der Waals surface area contributed by atoms with Gasteiger partial charge in [0.2, 0.25) is 0 Å². The zero-order chi connectivity index (χ0) is 13.2. The molecule has 19 heavy (non-hydrogen) atoms. The van der Waals surface area contributed by atoms with Gasteiger partial charge < -0.3 is 9.64 Å². The molecule has 6 nitrogen and oxygen atoms in total. The van der Waals surface area contributed by atoms with Gasteiger partial charge in [0.05, 0.1) is 12.1 Å². The number of pyridine rings is 1. The van der Waals surface area contributed by atoms with E-state index in [2.05, 4.69) is 31.1 Å². The fraction of sp³-hybridized carbons (Fsp3) is 0.462. The Labute approximate surface area is 111 Å². The van der Waals surface area contributed by atoms with Crippen LogP contribution in [0.15, 0.2) is 24.7 Å². The molecular formula is C13H17N5O. The number of aryl methyl sites for hydroxylation is 1. The number of H-pyrrole nitrogens is 1. The predicted molar refractivity (Wildman–Crippen MR) is 70.9 cm³/mol. The summed E-state index contributed by atoms with van der Waals surface area (Å²) in [5.74, 6) is 0.883. The number of rotatable bonds is 3. The first kappa shape index (κ1) is 12.1. The van der Waals surface area contributed by atoms with Crippen molar-refractivity contribution in [2.45, 2.75) is 25.5 Å². The van der Waals surface area contributed by atoms with E-state index >= 15 is 0 Å². The first-order valence-corrected chi connectivity index (χ1v) is 6.35. The van der Waals surface area contributed by atoms with Crippen LogP contribution in [0.5, 0.6) is 0 Å². The number of ether oxygens (including phenoxy) is 1. The molecule has 2 aromatic heterocycles. The van der Waals surface area contributed by atoms with Crippen LogP contribution in [-0.4, -0.2) is 39.9 Å². The minimum Gasteiger partial charge on any atom is -0.380 e. The Hall–Kier alpha value is -1.95. The molecule has 0 aromatic carbocycles. The summed E-state index contributed by atoms with van der Waals surface area (Å²) in [4.78, 5) is 10.8. The zero-order valence-electron chi connectivity index (χ0n) is 11.1. The van der Waals surface area contributed by atoms with Crippen LogP contribution in [0, 0.1) is 6.92 Å². The molecule has 6 heteroatoms. The molecule has 3 heterocycles. The van der Waals surface area contributed by atoms with Crippen LogP contribution in [0.25, 0.3) is 0 Å². The Bertz CT molecular complexity index is 542. The maximum absolute atomic E-state index is 5.50. The van der Waals surface area contributed by atoms with Crippen molar-refractivity contribution in [2.24, 2.45) is 0 Å². The van der Waals surface area contributed by atoms with Crippen LogP contribution in [-0.2, 0) is 4.74 Å². The van der Waals surface area contributed by atoms with Crippen molar-refractivity contribution in [2.75, 3.05) is 18.6 Å². The van der Waals surface area contributed by atoms with Crippen molar-refractivity contribution in [3.63, 3.8) is 0 Å². The van der Waals surface area contributed by atoms with Gasteiger partial charge in [0.1, 0.15) is 12.2 Å². The van der Waals surface area contributed by atoms with Crippen molar-refractivity contribution in [3.05, 3.63) is 36.2 Å². The molecule has 0 unspecified atom stereocenters. The van der Waals surface area contributed by atoms with E-state index < -0.39 is 0 Å². The highest BCUT2D eigenvalue weighted by Gasteiger charge is 2.35. The fourth-order valence-electron chi connectivity index (χ4n) is 2.60. The van der Waals surface area contributed by atoms with Crippen LogP contribution < -0.4 is 4.90 Å². The lowest BCUT2D eigenvalue weighted by atomic mass is 10.2. The number of anilines is 1. The number of hydrogen-bond donors (Lipinski definition) is 1. The third-order valence-corrected chi connectivity index (χ3v) is 3.56. The van der Waals surface area contributed by atoms with Crippen LogP contribution in [0.1, 0.15) is 24.0 Å². The van der Waals surface area contributed by atoms with Crippen LogP contribution in [0.3, 0.4) is 0 Å². The number of hydrogen-bond acceptors (Lipinski definition) is 5. The van der Waals surface area contributed by atoms with Gasteiger partial charge in [-0.2, -0.15) is 5.10 Å². The van der Waals surface area contributed by atoms with Gasteiger partial charge in [-0.15, -0.1) is 0 Å². The van der Waals surface area contributed by atoms with E-state index in [1.807, 2.05) is 19.2 Å². The summed E-state index contributed by atoms with van der Waals surface area (Å²) < 4.78 is 5.50. The Morgan fingerprint density at radius 3 is 3.00 bits per heavy atom. The molecule has 0 aliphatic carbocycles. The maximum atomic E-state index is 5.50. The number of nitrogens with one attached hydrogen (secondary N) is 1. The second kappa shape index (κ2) is 4.97. The molecule has 100 valence electrons. The van der Waals surface area contributed by atoms with E-state index in [-0.39, 0.29) is 12.1 Å². The summed E-state index contributed by atoms with van der Waals surface area (Å²) in [6.45, 7) is 2.85. The molecule has 1 saturated heterocycles. The van der Waals surface area contributed by atoms with Gasteiger partial charge in [-0.3, -0.25) is 10.1 Å². The van der Waals surface area contributed by atoms with E-state index in [9.17, 15) is 0 Å². The van der Waals surface area contributed by atoms with Gasteiger partial charge in [0, 0.05) is 37.7 Å². The van der Waals surface area contributed by atoms with E-state index in [4.69, 9.17) is 4.74 Å². The quantitative estimate of drug-likeness (QED) is 0.904. The highest BCUT2D eigenvalue weighted by molar-refractivity contribution is 5.49. The molecular weight excluding hydrogens is 242 g/mol. The predicted octanol–water partition coefficient (Wildman–Crippen LogP) is 1.47. The Morgan fingerprint density at radius 2 is 2.32 bits per heavy atom. The van der Waals surface area contributed by atoms with E-state index in [0.717, 1.165) is 30.2 Å². The van der Waals surface area contributed by atoms with E-state index in [0.29, 0.717) is 0 Å². The van der Waals surface area contributed by atoms with Crippen LogP contribution >= 0.6 is 0 Å². The summed E-state index contributed by atoms with van der Waals surface area (Å²) in [7, 11) is 1.75. The van der Waals surface area contributed by atoms with Crippen molar-refractivity contribution < 1.29 is 4.74 Å². The van der Waals surface area contributed by atoms with Crippen molar-refractivity contribution in [1.29, 1.82) is 0 Å². The van der Waals surface area contributed by atoms with E-state index in [1.165, 1.54) is 0 Å². The summed E-state index contributed by atoms with van der Waals surface area (Å²) in [5, 5.41) is 6.91. The fourth-order valence-corrected chi connectivity index (χ4v) is 2.60. The van der Waals surface area contributed by atoms with Gasteiger partial charge in [-0.1, -0.05) is 0 Å². The highest BCUT2D eigenvalue weighted by Crippen LogP contribution is 2.35. The second-order valence-corrected chi connectivity index (χ2v) is 4.79. The summed E-state index contributed by atoms with van der Waals surface area (Å²) >= 11 is 0. The van der Waals surface area contributed by atoms with Crippen LogP contribution in [0.2, 0.25) is 0 Å². The standard InChI is InChI=1S/C13H17N5O/c1-9-5-10(3-4-14-9)18-7-11(19-2)6-12(18)13-15-8-16-17-13/h3-5,8,11-12H,6-7H2,1-2H3,(H,15,16,17)/t11-,12+/m1/s1. The topological polar surface area (TPSA) is 66.9 Å². The highest BCUT2D eigenvalue weighted by atomic mass is 16.5. The van der Waals surface area contributed by atoms with E-state index in [1.54, 1.807) is 13.4 Å². The van der Waals surface area contributed by atoms with Gasteiger partial charge in [0.25, 0.3) is 0 Å². The second-order valence-electron chi connectivity index (χ2n) is 4.79. The summed E-state index contributed by atoms with van der Waals surface area (Å²) in [5.41, 5.74) is 2.16. The molecule has 0 bridgehead atoms. The molecule has 0 amide bonds. The third-order valence-electron chi connectivity index (χ3n) is 3.56. The maximum Gasteiger partial charge on any atom is 0.147 e. The van der Waals surface area contributed by atoms with Gasteiger partial charge in [0.15, 0.2) is 0 Å². The van der Waals surface area contributed by atoms with Crippen molar-refractivity contribution in [1.82, 2.24) is 20.2 Å². The number of methoxy groups -OCH3 is 1. The number of aromatic nitrogens is 4. The summed E-state index contributed by atoms with van der Waals surface area (Å²) in [6, 6.07) is 4.28. The minimum absolute atomic E-state index is 0.175. The SMILES string of the molecule is CO[C@@H]1C[C@@H](c2ncn[nH]2)N(c2ccnc(C)c2)C1. The lowest BCUT2D eigenvalue weighted by Crippen LogP contribution is -2.25. The lowest BCUT2D eigenvalue weighted by Gasteiger charge is -2.24. The van der Waals surface area contributed by atoms with Crippen molar-refractivity contribution >= 4 is 5.69 Å². The molecule has 0 saturated carbocycles. The lowest BCUT2D eigenvalue weighted by molar-refractivity contribution is 0.118. The number of nitrogens with zero attached hydrogens (tertiary/aromatic N) is 4. The molecule has 0 spiro atoms. The van der Waals surface area contributed by atoms with Crippen molar-refractivity contribution in [3.8, 4) is 0 Å². The molecule has 3 rings (SSSR count). The molecule has 1 aliphatic heterocycles. The third kappa shape index (κ3) is 2.31. The first-order valence-electron chi connectivity index (χ1n) is 6.35. The first-order chi connectivity index (χ1) is 9.28. The Morgan fingerprint density at radius 1 is 1.42 bits per heavy atom. The monoisotopic (exact) mass is 259 g/mol. The molecule has 1 N–H and O–H groups in total. The van der Waals surface area contributed by atoms with Gasteiger partial charge >= 0.3 is 0 Å².